The topological polar surface area (TPSA) is 88.2 Å². The predicted octanol–water partition coefficient (Wildman–Crippen LogP) is 4.96. The van der Waals surface area contributed by atoms with E-state index in [1.807, 2.05) is 25.5 Å². The van der Waals surface area contributed by atoms with Crippen molar-refractivity contribution in [2.75, 3.05) is 16.7 Å². The van der Waals surface area contributed by atoms with E-state index in [0.717, 1.165) is 12.3 Å². The summed E-state index contributed by atoms with van der Waals surface area (Å²) >= 11 is 0.556. The summed E-state index contributed by atoms with van der Waals surface area (Å²) in [6.45, 7) is 7.16. The number of hydrogen-bond donors (Lipinski definition) is 2. The quantitative estimate of drug-likeness (QED) is 0.379. The Hall–Kier alpha value is -2.34. The number of carbonyl (C=O) groups excluding carboxylic acids is 1. The summed E-state index contributed by atoms with van der Waals surface area (Å²) in [5.74, 6) is -3.22. The molecule has 2 rings (SSSR count). The summed E-state index contributed by atoms with van der Waals surface area (Å²) in [5.41, 5.74) is 0.754. The van der Waals surface area contributed by atoms with E-state index in [0.29, 0.717) is 28.6 Å². The number of thioether (sulfide) groups is 1. The molecule has 0 aliphatic carbocycles. The monoisotopic (exact) mass is 521 g/mol. The van der Waals surface area contributed by atoms with Crippen LogP contribution >= 0.6 is 11.8 Å². The number of alkyl halides is 3. The van der Waals surface area contributed by atoms with Crippen molar-refractivity contribution in [3.8, 4) is 0 Å². The molecule has 6 nitrogen and oxygen atoms in total. The number of nitrogens with zero attached hydrogens (tertiary/aromatic N) is 1. The molecule has 1 heterocycles. The molecule has 0 saturated heterocycles. The second-order valence-corrected chi connectivity index (χ2v) is 11.6. The Kier molecular flexibility index (Phi) is 8.62. The number of sulfonamides is 1. The van der Waals surface area contributed by atoms with Gasteiger partial charge in [-0.15, -0.1) is 0 Å². The molecule has 1 amide bonds. The van der Waals surface area contributed by atoms with E-state index < -0.39 is 39.6 Å². The number of benzene rings is 1. The van der Waals surface area contributed by atoms with Gasteiger partial charge in [0.25, 0.3) is 0 Å². The molecule has 0 bridgehead atoms. The zero-order chi connectivity index (χ0) is 25.9. The van der Waals surface area contributed by atoms with E-state index in [1.54, 1.807) is 12.1 Å². The molecule has 188 valence electrons. The molecule has 34 heavy (non-hydrogen) atoms. The van der Waals surface area contributed by atoms with Gasteiger partial charge in [0.15, 0.2) is 0 Å². The van der Waals surface area contributed by atoms with E-state index in [-0.39, 0.29) is 22.7 Å². The minimum Gasteiger partial charge on any atom is -0.351 e. The van der Waals surface area contributed by atoms with Gasteiger partial charge < -0.3 is 5.32 Å². The number of hydrogen-bond acceptors (Lipinski definition) is 5. The van der Waals surface area contributed by atoms with E-state index in [1.165, 1.54) is 19.1 Å². The number of carbonyl (C=O) groups is 1. The fourth-order valence-electron chi connectivity index (χ4n) is 2.87. The maximum atomic E-state index is 14.3. The van der Waals surface area contributed by atoms with Crippen molar-refractivity contribution < 1.29 is 30.8 Å². The van der Waals surface area contributed by atoms with Gasteiger partial charge in [-0.05, 0) is 30.7 Å². The number of nitrogens with one attached hydrogen (secondary N) is 2. The Morgan fingerprint density at radius 1 is 1.15 bits per heavy atom. The normalized spacial score (nSPS) is 13.4. The summed E-state index contributed by atoms with van der Waals surface area (Å²) in [6, 6.07) is 7.05. The molecule has 0 aliphatic rings. The van der Waals surface area contributed by atoms with E-state index >= 15 is 0 Å². The van der Waals surface area contributed by atoms with Crippen molar-refractivity contribution >= 4 is 33.4 Å². The van der Waals surface area contributed by atoms with Crippen molar-refractivity contribution in [3.05, 3.63) is 53.0 Å². The van der Waals surface area contributed by atoms with Crippen LogP contribution in [0.1, 0.15) is 50.4 Å². The van der Waals surface area contributed by atoms with Gasteiger partial charge in [0.1, 0.15) is 10.8 Å². The number of aromatic nitrogens is 1. The van der Waals surface area contributed by atoms with E-state index in [4.69, 9.17) is 0 Å². The predicted molar refractivity (Wildman–Crippen MR) is 125 cm³/mol. The minimum atomic E-state index is -4.37. The summed E-state index contributed by atoms with van der Waals surface area (Å²) in [6.07, 6.45) is -3.48. The van der Waals surface area contributed by atoms with Crippen LogP contribution in [0.25, 0.3) is 0 Å². The molecule has 2 aromatic rings. The number of anilines is 1. The molecule has 1 aromatic carbocycles. The molecule has 0 fully saturated rings. The molecular formula is C22H27F4N3O3S2. The zero-order valence-electron chi connectivity index (χ0n) is 19.4. The summed E-state index contributed by atoms with van der Waals surface area (Å²) in [7, 11) is -3.67. The number of pyridine rings is 1. The highest BCUT2D eigenvalue weighted by Gasteiger charge is 2.29. The van der Waals surface area contributed by atoms with Gasteiger partial charge in [-0.25, -0.2) is 17.8 Å². The molecule has 0 radical (unpaired) electrons. The third kappa shape index (κ3) is 8.46. The van der Waals surface area contributed by atoms with Crippen molar-refractivity contribution in [3.63, 3.8) is 0 Å². The summed E-state index contributed by atoms with van der Waals surface area (Å²) in [4.78, 5) is 17.0. The standard InChI is InChI=1S/C22H27F4N3O3S2/c1-13(14-6-8-17(16(23)10-14)29-34(5,31)32)19(30)27-11-15-7-9-18(21(2,3)4)28-20(15)33-12-22(24,25)26/h6-10,13,29H,11-12H2,1-5H3,(H,27,30). The summed E-state index contributed by atoms with van der Waals surface area (Å²) in [5, 5.41) is 2.84. The van der Waals surface area contributed by atoms with Crippen LogP contribution in [0.4, 0.5) is 23.2 Å². The first-order chi connectivity index (χ1) is 15.5. The smallest absolute Gasteiger partial charge is 0.351 e. The maximum Gasteiger partial charge on any atom is 0.398 e. The van der Waals surface area contributed by atoms with Gasteiger partial charge in [-0.1, -0.05) is 44.7 Å². The third-order valence-electron chi connectivity index (χ3n) is 4.71. The Morgan fingerprint density at radius 2 is 1.79 bits per heavy atom. The largest absolute Gasteiger partial charge is 0.398 e. The van der Waals surface area contributed by atoms with Crippen LogP contribution in [-0.4, -0.2) is 37.5 Å². The number of halogens is 4. The van der Waals surface area contributed by atoms with Crippen LogP contribution in [-0.2, 0) is 26.8 Å². The number of amides is 1. The molecule has 2 N–H and O–H groups in total. The average molecular weight is 522 g/mol. The lowest BCUT2D eigenvalue weighted by Gasteiger charge is -2.20. The molecule has 0 aliphatic heterocycles. The van der Waals surface area contributed by atoms with Crippen LogP contribution in [0.5, 0.6) is 0 Å². The van der Waals surface area contributed by atoms with Crippen LogP contribution in [0, 0.1) is 5.82 Å². The van der Waals surface area contributed by atoms with Gasteiger partial charge in [0.05, 0.1) is 23.6 Å². The molecule has 1 aromatic heterocycles. The first kappa shape index (κ1) is 27.9. The SMILES string of the molecule is CC(C(=O)NCc1ccc(C(C)(C)C)nc1SCC(F)(F)F)c1ccc(NS(C)(=O)=O)c(F)c1. The van der Waals surface area contributed by atoms with E-state index in [9.17, 15) is 30.8 Å². The van der Waals surface area contributed by atoms with Gasteiger partial charge in [-0.3, -0.25) is 9.52 Å². The second kappa shape index (κ2) is 10.5. The van der Waals surface area contributed by atoms with Crippen LogP contribution < -0.4 is 10.0 Å². The Morgan fingerprint density at radius 3 is 2.32 bits per heavy atom. The Balaban J connectivity index is 2.17. The van der Waals surface area contributed by atoms with Crippen LogP contribution in [0.15, 0.2) is 35.4 Å². The maximum absolute atomic E-state index is 14.3. The van der Waals surface area contributed by atoms with Crippen molar-refractivity contribution in [1.29, 1.82) is 0 Å². The Labute approximate surface area is 201 Å². The molecular weight excluding hydrogens is 494 g/mol. The minimum absolute atomic E-state index is 0.0585. The lowest BCUT2D eigenvalue weighted by Crippen LogP contribution is -2.28. The lowest BCUT2D eigenvalue weighted by atomic mass is 9.91. The first-order valence-corrected chi connectivity index (χ1v) is 13.1. The fourth-order valence-corrected chi connectivity index (χ4v) is 4.22. The molecule has 1 atom stereocenters. The van der Waals surface area contributed by atoms with Gasteiger partial charge in [0, 0.05) is 23.2 Å². The lowest BCUT2D eigenvalue weighted by molar-refractivity contribution is -0.122. The highest BCUT2D eigenvalue weighted by atomic mass is 32.2. The second-order valence-electron chi connectivity index (χ2n) is 8.87. The highest BCUT2D eigenvalue weighted by molar-refractivity contribution is 7.99. The molecule has 0 spiro atoms. The fraction of sp³-hybridized carbons (Fsp3) is 0.455. The molecule has 12 heteroatoms. The van der Waals surface area contributed by atoms with Gasteiger partial charge >= 0.3 is 6.18 Å². The average Bonchev–Trinajstić information content (AvgIpc) is 2.69. The molecule has 0 saturated carbocycles. The van der Waals surface area contributed by atoms with Crippen LogP contribution in [0.2, 0.25) is 0 Å². The molecule has 1 unspecified atom stereocenters. The number of rotatable bonds is 8. The van der Waals surface area contributed by atoms with Crippen molar-refractivity contribution in [2.45, 2.75) is 56.8 Å². The van der Waals surface area contributed by atoms with Crippen LogP contribution in [0.3, 0.4) is 0 Å². The van der Waals surface area contributed by atoms with Crippen molar-refractivity contribution in [1.82, 2.24) is 10.3 Å². The van der Waals surface area contributed by atoms with Crippen molar-refractivity contribution in [2.24, 2.45) is 0 Å². The van der Waals surface area contributed by atoms with Gasteiger partial charge in [0.2, 0.25) is 15.9 Å². The van der Waals surface area contributed by atoms with Gasteiger partial charge in [-0.2, -0.15) is 13.2 Å². The van der Waals surface area contributed by atoms with E-state index in [2.05, 4.69) is 10.3 Å². The third-order valence-corrected chi connectivity index (χ3v) is 6.40. The zero-order valence-corrected chi connectivity index (χ0v) is 21.0. The summed E-state index contributed by atoms with van der Waals surface area (Å²) < 4.78 is 77.2. The first-order valence-electron chi connectivity index (χ1n) is 10.2. The Bertz CT molecular complexity index is 1150. The highest BCUT2D eigenvalue weighted by Crippen LogP contribution is 2.31.